The molecular weight excluding hydrogens is 448 g/mol. The van der Waals surface area contributed by atoms with Crippen molar-refractivity contribution in [3.8, 4) is 5.75 Å². The molecule has 0 saturated carbocycles. The van der Waals surface area contributed by atoms with E-state index in [0.29, 0.717) is 26.5 Å². The third kappa shape index (κ3) is 5.38. The van der Waals surface area contributed by atoms with E-state index < -0.39 is 5.97 Å². The molecule has 8 heteroatoms. The Kier molecular flexibility index (Phi) is 6.58. The van der Waals surface area contributed by atoms with Crippen LogP contribution in [0.15, 0.2) is 82.7 Å². The van der Waals surface area contributed by atoms with E-state index in [0.717, 1.165) is 11.1 Å². The summed E-state index contributed by atoms with van der Waals surface area (Å²) in [7, 11) is 0. The lowest BCUT2D eigenvalue weighted by atomic mass is 10.1. The molecule has 3 aromatic carbocycles. The molecule has 1 aliphatic rings. The second-order valence-corrected chi connectivity index (χ2v) is 8.25. The van der Waals surface area contributed by atoms with Gasteiger partial charge in [0.15, 0.2) is 5.17 Å². The molecule has 1 fully saturated rings. The van der Waals surface area contributed by atoms with E-state index in [1.807, 2.05) is 24.3 Å². The van der Waals surface area contributed by atoms with Crippen LogP contribution in [0.1, 0.15) is 21.5 Å². The number of aliphatic imine (C=N–C) groups is 1. The van der Waals surface area contributed by atoms with Gasteiger partial charge in [-0.25, -0.2) is 9.79 Å². The van der Waals surface area contributed by atoms with Crippen molar-refractivity contribution in [2.75, 3.05) is 0 Å². The van der Waals surface area contributed by atoms with Gasteiger partial charge in [0.1, 0.15) is 12.4 Å². The summed E-state index contributed by atoms with van der Waals surface area (Å²) in [5.41, 5.74) is 2.50. The number of carboxylic acid groups (broad SMARTS) is 1. The summed E-state index contributed by atoms with van der Waals surface area (Å²) >= 11 is 7.14. The Labute approximate surface area is 193 Å². The lowest BCUT2D eigenvalue weighted by Crippen LogP contribution is -2.19. The number of para-hydroxylation sites is 1. The lowest BCUT2D eigenvalue weighted by molar-refractivity contribution is -0.115. The van der Waals surface area contributed by atoms with Crippen molar-refractivity contribution >= 4 is 52.2 Å². The number of halogens is 1. The zero-order valence-corrected chi connectivity index (χ0v) is 18.2. The Hall–Kier alpha value is -3.55. The summed E-state index contributed by atoms with van der Waals surface area (Å²) in [5, 5.41) is 12.9. The minimum Gasteiger partial charge on any atom is -0.488 e. The molecule has 2 N–H and O–H groups in total. The number of rotatable bonds is 6. The van der Waals surface area contributed by atoms with Gasteiger partial charge in [0.2, 0.25) is 0 Å². The van der Waals surface area contributed by atoms with Crippen LogP contribution in [0, 0.1) is 0 Å². The van der Waals surface area contributed by atoms with Crippen LogP contribution < -0.4 is 10.1 Å². The first-order valence-corrected chi connectivity index (χ1v) is 10.8. The maximum Gasteiger partial charge on any atom is 0.335 e. The number of hydrogen-bond donors (Lipinski definition) is 2. The number of hydrogen-bond acceptors (Lipinski definition) is 5. The molecule has 160 valence electrons. The Bertz CT molecular complexity index is 1220. The molecule has 0 radical (unpaired) electrons. The molecular formula is C24H17ClN2O4S. The Balaban J connectivity index is 1.49. The highest BCUT2D eigenvalue weighted by molar-refractivity contribution is 8.18. The molecule has 3 aromatic rings. The summed E-state index contributed by atoms with van der Waals surface area (Å²) < 4.78 is 5.93. The van der Waals surface area contributed by atoms with Crippen LogP contribution in [0.2, 0.25) is 5.02 Å². The number of aromatic carboxylic acids is 1. The van der Waals surface area contributed by atoms with Crippen molar-refractivity contribution in [3.63, 3.8) is 0 Å². The first kappa shape index (κ1) is 21.7. The van der Waals surface area contributed by atoms with Crippen LogP contribution in [0.4, 0.5) is 5.69 Å². The number of nitrogens with zero attached hydrogens (tertiary/aromatic N) is 1. The number of nitrogens with one attached hydrogen (secondary N) is 1. The average molecular weight is 465 g/mol. The monoisotopic (exact) mass is 464 g/mol. The van der Waals surface area contributed by atoms with E-state index in [2.05, 4.69) is 10.3 Å². The highest BCUT2D eigenvalue weighted by Gasteiger charge is 2.24. The lowest BCUT2D eigenvalue weighted by Gasteiger charge is -2.10. The fourth-order valence-corrected chi connectivity index (χ4v) is 3.85. The van der Waals surface area contributed by atoms with Crippen LogP contribution in [-0.4, -0.2) is 22.2 Å². The number of ether oxygens (including phenoxy) is 1. The maximum absolute atomic E-state index is 12.4. The van der Waals surface area contributed by atoms with E-state index in [1.54, 1.807) is 42.5 Å². The minimum atomic E-state index is -0.972. The van der Waals surface area contributed by atoms with Gasteiger partial charge in [-0.3, -0.25) is 4.79 Å². The van der Waals surface area contributed by atoms with Crippen molar-refractivity contribution in [1.82, 2.24) is 5.32 Å². The SMILES string of the molecule is O=C1NC(=Nc2ccc(Cl)cc2)S/C1=C/c1ccccc1OCc1ccc(C(=O)O)cc1. The normalized spacial score (nSPS) is 15.7. The summed E-state index contributed by atoms with van der Waals surface area (Å²) in [5.74, 6) is -0.596. The van der Waals surface area contributed by atoms with E-state index in [9.17, 15) is 9.59 Å². The molecule has 0 unspecified atom stereocenters. The fraction of sp³-hybridized carbons (Fsp3) is 0.0417. The number of amides is 1. The van der Waals surface area contributed by atoms with Crippen molar-refractivity contribution in [2.45, 2.75) is 6.61 Å². The van der Waals surface area contributed by atoms with Gasteiger partial charge in [-0.1, -0.05) is 41.9 Å². The van der Waals surface area contributed by atoms with Crippen LogP contribution in [0.5, 0.6) is 5.75 Å². The van der Waals surface area contributed by atoms with Crippen LogP contribution in [0.3, 0.4) is 0 Å². The highest BCUT2D eigenvalue weighted by atomic mass is 35.5. The number of benzene rings is 3. The van der Waals surface area contributed by atoms with Gasteiger partial charge >= 0.3 is 5.97 Å². The highest BCUT2D eigenvalue weighted by Crippen LogP contribution is 2.31. The molecule has 1 saturated heterocycles. The number of amidine groups is 1. The number of carbonyl (C=O) groups excluding carboxylic acids is 1. The maximum atomic E-state index is 12.4. The van der Waals surface area contributed by atoms with E-state index in [4.69, 9.17) is 21.4 Å². The standard InChI is InChI=1S/C24H17ClN2O4S/c25-18-9-11-19(12-10-18)26-24-27-22(28)21(32-24)13-17-3-1-2-4-20(17)31-14-15-5-7-16(8-6-15)23(29)30/h1-13H,14H2,(H,29,30)(H,26,27,28)/b21-13+. The fourth-order valence-electron chi connectivity index (χ4n) is 2.89. The molecule has 6 nitrogen and oxygen atoms in total. The Morgan fingerprint density at radius 3 is 2.50 bits per heavy atom. The smallest absolute Gasteiger partial charge is 0.335 e. The van der Waals surface area contributed by atoms with Gasteiger partial charge in [0, 0.05) is 10.6 Å². The van der Waals surface area contributed by atoms with Crippen LogP contribution in [0.25, 0.3) is 6.08 Å². The molecule has 0 aliphatic carbocycles. The predicted molar refractivity (Wildman–Crippen MR) is 126 cm³/mol. The van der Waals surface area contributed by atoms with Gasteiger partial charge in [-0.2, -0.15) is 0 Å². The molecule has 4 rings (SSSR count). The molecule has 0 spiro atoms. The summed E-state index contributed by atoms with van der Waals surface area (Å²) in [6.45, 7) is 0.267. The molecule has 1 heterocycles. The van der Waals surface area contributed by atoms with Gasteiger partial charge in [-0.15, -0.1) is 0 Å². The number of carboxylic acids is 1. The van der Waals surface area contributed by atoms with Crippen molar-refractivity contribution in [3.05, 3.63) is 99.4 Å². The van der Waals surface area contributed by atoms with Gasteiger partial charge in [0.25, 0.3) is 5.91 Å². The molecule has 0 atom stereocenters. The topological polar surface area (TPSA) is 88.0 Å². The van der Waals surface area contributed by atoms with Gasteiger partial charge in [0.05, 0.1) is 16.2 Å². The Morgan fingerprint density at radius 1 is 1.06 bits per heavy atom. The molecule has 1 amide bonds. The average Bonchev–Trinajstić information content (AvgIpc) is 3.13. The first-order chi connectivity index (χ1) is 15.5. The largest absolute Gasteiger partial charge is 0.488 e. The van der Waals surface area contributed by atoms with Crippen molar-refractivity contribution in [2.24, 2.45) is 4.99 Å². The summed E-state index contributed by atoms with van der Waals surface area (Å²) in [4.78, 5) is 28.3. The quantitative estimate of drug-likeness (QED) is 0.470. The summed E-state index contributed by atoms with van der Waals surface area (Å²) in [6.07, 6.45) is 1.76. The number of carbonyl (C=O) groups is 2. The van der Waals surface area contributed by atoms with E-state index >= 15 is 0 Å². The first-order valence-electron chi connectivity index (χ1n) is 9.57. The van der Waals surface area contributed by atoms with Gasteiger partial charge in [-0.05, 0) is 65.9 Å². The van der Waals surface area contributed by atoms with E-state index in [-0.39, 0.29) is 18.1 Å². The molecule has 32 heavy (non-hydrogen) atoms. The van der Waals surface area contributed by atoms with Crippen LogP contribution in [-0.2, 0) is 11.4 Å². The second kappa shape index (κ2) is 9.72. The third-order valence-corrected chi connectivity index (χ3v) is 5.67. The van der Waals surface area contributed by atoms with Crippen LogP contribution >= 0.6 is 23.4 Å². The number of thioether (sulfide) groups is 1. The van der Waals surface area contributed by atoms with Crippen molar-refractivity contribution < 1.29 is 19.4 Å². The van der Waals surface area contributed by atoms with Crippen molar-refractivity contribution in [1.29, 1.82) is 0 Å². The zero-order valence-electron chi connectivity index (χ0n) is 16.6. The third-order valence-electron chi connectivity index (χ3n) is 4.51. The summed E-state index contributed by atoms with van der Waals surface area (Å²) in [6, 6.07) is 20.9. The zero-order chi connectivity index (χ0) is 22.5. The second-order valence-electron chi connectivity index (χ2n) is 6.79. The molecule has 1 aliphatic heterocycles. The molecule has 0 aromatic heterocycles. The minimum absolute atomic E-state index is 0.222. The van der Waals surface area contributed by atoms with Gasteiger partial charge < -0.3 is 15.2 Å². The predicted octanol–water partition coefficient (Wildman–Crippen LogP) is 5.51. The Morgan fingerprint density at radius 2 is 1.78 bits per heavy atom. The van der Waals surface area contributed by atoms with E-state index in [1.165, 1.54) is 23.9 Å². The molecule has 0 bridgehead atoms.